The van der Waals surface area contributed by atoms with Gasteiger partial charge in [-0.2, -0.15) is 0 Å². The van der Waals surface area contributed by atoms with Gasteiger partial charge in [-0.05, 0) is 44.0 Å². The summed E-state index contributed by atoms with van der Waals surface area (Å²) < 4.78 is 13.0. The van der Waals surface area contributed by atoms with Crippen molar-refractivity contribution in [1.82, 2.24) is 9.88 Å². The zero-order chi connectivity index (χ0) is 23.9. The Hall–Kier alpha value is -3.48. The van der Waals surface area contributed by atoms with Gasteiger partial charge < -0.3 is 19.4 Å². The zero-order valence-corrected chi connectivity index (χ0v) is 20.0. The van der Waals surface area contributed by atoms with Gasteiger partial charge in [-0.3, -0.25) is 14.5 Å². The fourth-order valence-electron chi connectivity index (χ4n) is 5.38. The second-order valence-electron chi connectivity index (χ2n) is 9.44. The number of rotatable bonds is 5. The molecule has 2 amide bonds. The number of benzene rings is 2. The van der Waals surface area contributed by atoms with Crippen molar-refractivity contribution in [2.24, 2.45) is 0 Å². The monoisotopic (exact) mass is 461 g/mol. The molecule has 0 spiro atoms. The molecule has 1 aliphatic heterocycles. The molecule has 5 rings (SSSR count). The Morgan fingerprint density at radius 3 is 2.53 bits per heavy atom. The Balaban J connectivity index is 1.64. The van der Waals surface area contributed by atoms with Crippen LogP contribution in [0.15, 0.2) is 48.5 Å². The highest BCUT2D eigenvalue weighted by Gasteiger charge is 2.49. The third kappa shape index (κ3) is 3.59. The molecule has 34 heavy (non-hydrogen) atoms. The van der Waals surface area contributed by atoms with Gasteiger partial charge in [0.2, 0.25) is 5.91 Å². The fraction of sp³-hybridized carbons (Fsp3) is 0.407. The summed E-state index contributed by atoms with van der Waals surface area (Å²) >= 11 is 0. The van der Waals surface area contributed by atoms with Crippen molar-refractivity contribution >= 4 is 28.4 Å². The minimum absolute atomic E-state index is 0.135. The number of fused-ring (bicyclic) bond motifs is 3. The van der Waals surface area contributed by atoms with Crippen LogP contribution in [0, 0.1) is 0 Å². The van der Waals surface area contributed by atoms with Crippen molar-refractivity contribution in [3.8, 4) is 11.5 Å². The van der Waals surface area contributed by atoms with Crippen LogP contribution in [0.1, 0.15) is 49.5 Å². The molecule has 2 aliphatic rings. The number of hydrogen-bond acceptors (Lipinski definition) is 4. The largest absolute Gasteiger partial charge is 0.497 e. The maximum atomic E-state index is 14.1. The highest BCUT2D eigenvalue weighted by atomic mass is 16.5. The molecule has 0 saturated heterocycles. The van der Waals surface area contributed by atoms with Crippen LogP contribution in [-0.2, 0) is 11.3 Å². The number of aromatic nitrogens is 1. The van der Waals surface area contributed by atoms with Gasteiger partial charge in [0.25, 0.3) is 5.91 Å². The van der Waals surface area contributed by atoms with E-state index in [1.54, 1.807) is 37.3 Å². The van der Waals surface area contributed by atoms with E-state index >= 15 is 0 Å². The lowest BCUT2D eigenvalue weighted by Crippen LogP contribution is -2.65. The first kappa shape index (κ1) is 22.3. The lowest BCUT2D eigenvalue weighted by Gasteiger charge is -2.45. The summed E-state index contributed by atoms with van der Waals surface area (Å²) in [5.74, 6) is 0.725. The van der Waals surface area contributed by atoms with Gasteiger partial charge in [0.15, 0.2) is 0 Å². The topological polar surface area (TPSA) is 72.8 Å². The first-order valence-corrected chi connectivity index (χ1v) is 11.9. The van der Waals surface area contributed by atoms with Gasteiger partial charge in [-0.1, -0.05) is 37.5 Å². The molecular weight excluding hydrogens is 430 g/mol. The molecule has 0 bridgehead atoms. The molecule has 3 aromatic rings. The van der Waals surface area contributed by atoms with E-state index < -0.39 is 5.54 Å². The third-order valence-corrected chi connectivity index (χ3v) is 7.25. The molecule has 2 aromatic carbocycles. The Bertz CT molecular complexity index is 1240. The van der Waals surface area contributed by atoms with Crippen molar-refractivity contribution in [2.45, 2.75) is 57.2 Å². The normalized spacial score (nSPS) is 20.8. The Labute approximate surface area is 199 Å². The molecule has 1 N–H and O–H groups in total. The molecule has 7 nitrogen and oxygen atoms in total. The molecule has 178 valence electrons. The van der Waals surface area contributed by atoms with Crippen LogP contribution in [0.4, 0.5) is 5.69 Å². The molecule has 7 heteroatoms. The van der Waals surface area contributed by atoms with Crippen LogP contribution >= 0.6 is 0 Å². The SMILES string of the molecule is COc1ccc(N2C(=O)c3cc4ccccc4n3C[C@@]2(C)C(=O)NC2CCCCC2)c(OC)c1. The number of methoxy groups -OCH3 is 2. The fourth-order valence-corrected chi connectivity index (χ4v) is 5.38. The highest BCUT2D eigenvalue weighted by molar-refractivity contribution is 6.14. The van der Waals surface area contributed by atoms with E-state index in [1.807, 2.05) is 41.8 Å². The van der Waals surface area contributed by atoms with E-state index in [4.69, 9.17) is 9.47 Å². The number of hydrogen-bond donors (Lipinski definition) is 1. The van der Waals surface area contributed by atoms with Crippen LogP contribution in [0.3, 0.4) is 0 Å². The van der Waals surface area contributed by atoms with Crippen LogP contribution < -0.4 is 19.7 Å². The van der Waals surface area contributed by atoms with E-state index in [-0.39, 0.29) is 17.9 Å². The average Bonchev–Trinajstić information content (AvgIpc) is 3.23. The lowest BCUT2D eigenvalue weighted by molar-refractivity contribution is -0.127. The first-order chi connectivity index (χ1) is 16.5. The van der Waals surface area contributed by atoms with Crippen molar-refractivity contribution in [1.29, 1.82) is 0 Å². The molecule has 1 atom stereocenters. The predicted octanol–water partition coefficient (Wildman–Crippen LogP) is 4.53. The van der Waals surface area contributed by atoms with Crippen molar-refractivity contribution in [3.05, 3.63) is 54.2 Å². The maximum Gasteiger partial charge on any atom is 0.276 e. The van der Waals surface area contributed by atoms with Crippen molar-refractivity contribution in [3.63, 3.8) is 0 Å². The molecule has 0 radical (unpaired) electrons. The Morgan fingerprint density at radius 1 is 1.03 bits per heavy atom. The summed E-state index contributed by atoms with van der Waals surface area (Å²) in [6.45, 7) is 2.19. The molecule has 0 unspecified atom stereocenters. The summed E-state index contributed by atoms with van der Waals surface area (Å²) in [5.41, 5.74) is 0.905. The van der Waals surface area contributed by atoms with E-state index in [0.717, 1.165) is 36.6 Å². The molecular formula is C27H31N3O4. The summed E-state index contributed by atoms with van der Waals surface area (Å²) in [6, 6.07) is 15.3. The van der Waals surface area contributed by atoms with E-state index in [1.165, 1.54) is 6.42 Å². The van der Waals surface area contributed by atoms with Crippen LogP contribution in [0.25, 0.3) is 10.9 Å². The molecule has 2 heterocycles. The first-order valence-electron chi connectivity index (χ1n) is 11.9. The van der Waals surface area contributed by atoms with Gasteiger partial charge in [0.1, 0.15) is 22.7 Å². The Kier molecular flexibility index (Phi) is 5.71. The lowest BCUT2D eigenvalue weighted by atomic mass is 9.91. The summed E-state index contributed by atoms with van der Waals surface area (Å²) in [7, 11) is 3.14. The van der Waals surface area contributed by atoms with Crippen LogP contribution in [0.5, 0.6) is 11.5 Å². The van der Waals surface area contributed by atoms with Crippen molar-refractivity contribution in [2.75, 3.05) is 19.1 Å². The number of carbonyl (C=O) groups is 2. The minimum atomic E-state index is -1.15. The van der Waals surface area contributed by atoms with E-state index in [9.17, 15) is 9.59 Å². The van der Waals surface area contributed by atoms with Gasteiger partial charge in [-0.25, -0.2) is 0 Å². The molecule has 1 aliphatic carbocycles. The summed E-state index contributed by atoms with van der Waals surface area (Å²) in [6.07, 6.45) is 5.38. The molecule has 1 aromatic heterocycles. The van der Waals surface area contributed by atoms with Crippen molar-refractivity contribution < 1.29 is 19.1 Å². The second kappa shape index (κ2) is 8.70. The number of para-hydroxylation sites is 1. The number of carbonyl (C=O) groups excluding carboxylic acids is 2. The van der Waals surface area contributed by atoms with Gasteiger partial charge in [-0.15, -0.1) is 0 Å². The smallest absolute Gasteiger partial charge is 0.276 e. The van der Waals surface area contributed by atoms with Crippen LogP contribution in [-0.4, -0.2) is 42.2 Å². The summed E-state index contributed by atoms with van der Waals surface area (Å²) in [4.78, 5) is 29.6. The number of amides is 2. The maximum absolute atomic E-state index is 14.1. The predicted molar refractivity (Wildman–Crippen MR) is 132 cm³/mol. The quantitative estimate of drug-likeness (QED) is 0.606. The average molecular weight is 462 g/mol. The van der Waals surface area contributed by atoms with Gasteiger partial charge >= 0.3 is 0 Å². The van der Waals surface area contributed by atoms with E-state index in [2.05, 4.69) is 5.32 Å². The summed E-state index contributed by atoms with van der Waals surface area (Å²) in [5, 5.41) is 4.25. The van der Waals surface area contributed by atoms with Crippen LogP contribution in [0.2, 0.25) is 0 Å². The minimum Gasteiger partial charge on any atom is -0.497 e. The number of anilines is 1. The zero-order valence-electron chi connectivity index (χ0n) is 20.0. The second-order valence-corrected chi connectivity index (χ2v) is 9.44. The standard InChI is InChI=1S/C27H31N3O4/c1-27(26(32)28-19-10-5-4-6-11-19)17-29-21-12-8-7-9-18(21)15-23(29)25(31)30(27)22-14-13-20(33-2)16-24(22)34-3/h7-9,12-16,19H,4-6,10-11,17H2,1-3H3,(H,28,32)/t27-/m0/s1. The van der Waals surface area contributed by atoms with Gasteiger partial charge in [0, 0.05) is 23.0 Å². The Morgan fingerprint density at radius 2 is 1.79 bits per heavy atom. The molecule has 1 fully saturated rings. The number of nitrogens with zero attached hydrogens (tertiary/aromatic N) is 2. The molecule has 1 saturated carbocycles. The third-order valence-electron chi connectivity index (χ3n) is 7.25. The van der Waals surface area contributed by atoms with E-state index in [0.29, 0.717) is 29.4 Å². The highest BCUT2D eigenvalue weighted by Crippen LogP contribution is 2.41. The number of ether oxygens (including phenoxy) is 2. The number of nitrogens with one attached hydrogen (secondary N) is 1. The van der Waals surface area contributed by atoms with Gasteiger partial charge in [0.05, 0.1) is 26.5 Å².